The Labute approximate surface area is 133 Å². The van der Waals surface area contributed by atoms with Gasteiger partial charge in [-0.1, -0.05) is 6.07 Å². The number of amides is 1. The van der Waals surface area contributed by atoms with Crippen LogP contribution >= 0.6 is 0 Å². The van der Waals surface area contributed by atoms with Gasteiger partial charge in [0.25, 0.3) is 5.91 Å². The molecule has 1 saturated carbocycles. The number of benzene rings is 2. The highest BCUT2D eigenvalue weighted by molar-refractivity contribution is 5.96. The van der Waals surface area contributed by atoms with Crippen LogP contribution in [-0.4, -0.2) is 19.0 Å². The summed E-state index contributed by atoms with van der Waals surface area (Å²) in [5, 5.41) is 5.58. The molecule has 0 spiro atoms. The summed E-state index contributed by atoms with van der Waals surface area (Å²) < 4.78 is 28.2. The lowest BCUT2D eigenvalue weighted by Gasteiger charge is -2.12. The molecule has 0 unspecified atom stereocenters. The third kappa shape index (κ3) is 3.18. The molecular weight excluding hydrogens is 298 g/mol. The maximum Gasteiger partial charge on any atom is 0.251 e. The molecule has 0 atom stereocenters. The lowest BCUT2D eigenvalue weighted by atomic mass is 9.97. The first-order chi connectivity index (χ1) is 11.0. The second kappa shape index (κ2) is 5.99. The minimum Gasteiger partial charge on any atom is -0.386 e. The fourth-order valence-electron chi connectivity index (χ4n) is 2.49. The first-order valence-electron chi connectivity index (χ1n) is 7.58. The molecule has 3 rings (SSSR count). The molecule has 1 fully saturated rings. The summed E-state index contributed by atoms with van der Waals surface area (Å²) >= 11 is 0. The fraction of sp³-hybridized carbons (Fsp3) is 0.278. The van der Waals surface area contributed by atoms with Gasteiger partial charge in [-0.15, -0.1) is 0 Å². The normalized spacial score (nSPS) is 13.7. The number of nitrogens with one attached hydrogen (secondary N) is 2. The van der Waals surface area contributed by atoms with Gasteiger partial charge in [0.05, 0.1) is 5.69 Å². The summed E-state index contributed by atoms with van der Waals surface area (Å²) in [6, 6.07) is 7.69. The minimum atomic E-state index is -0.471. The number of hydrogen-bond donors (Lipinski definition) is 2. The maximum absolute atomic E-state index is 14.2. The van der Waals surface area contributed by atoms with E-state index in [1.165, 1.54) is 12.1 Å². The second-order valence-electron chi connectivity index (χ2n) is 5.82. The van der Waals surface area contributed by atoms with Crippen molar-refractivity contribution >= 4 is 11.6 Å². The molecule has 0 heterocycles. The van der Waals surface area contributed by atoms with Crippen LogP contribution in [0.1, 0.15) is 28.8 Å². The number of rotatable bonds is 4. The Hall–Kier alpha value is -2.43. The Morgan fingerprint density at radius 3 is 2.48 bits per heavy atom. The van der Waals surface area contributed by atoms with Crippen LogP contribution in [0.15, 0.2) is 30.3 Å². The molecule has 23 heavy (non-hydrogen) atoms. The van der Waals surface area contributed by atoms with Crippen molar-refractivity contribution in [1.29, 1.82) is 0 Å². The van der Waals surface area contributed by atoms with Crippen LogP contribution in [0.4, 0.5) is 14.5 Å². The van der Waals surface area contributed by atoms with Crippen LogP contribution in [0.2, 0.25) is 0 Å². The third-order valence-corrected chi connectivity index (χ3v) is 4.07. The Balaban J connectivity index is 2.01. The molecule has 1 aliphatic carbocycles. The molecule has 3 nitrogen and oxygen atoms in total. The van der Waals surface area contributed by atoms with E-state index in [9.17, 15) is 13.6 Å². The topological polar surface area (TPSA) is 41.1 Å². The number of carbonyl (C=O) groups excluding carboxylic acids is 1. The highest BCUT2D eigenvalue weighted by atomic mass is 19.1. The zero-order chi connectivity index (χ0) is 16.6. The van der Waals surface area contributed by atoms with Crippen LogP contribution < -0.4 is 10.6 Å². The molecule has 0 bridgehead atoms. The van der Waals surface area contributed by atoms with Crippen LogP contribution in [0, 0.1) is 18.6 Å². The van der Waals surface area contributed by atoms with Crippen LogP contribution in [0.5, 0.6) is 0 Å². The largest absolute Gasteiger partial charge is 0.386 e. The van der Waals surface area contributed by atoms with E-state index in [1.807, 2.05) is 0 Å². The molecule has 1 aliphatic rings. The van der Waals surface area contributed by atoms with E-state index in [4.69, 9.17) is 0 Å². The average molecular weight is 316 g/mol. The number of hydrogen-bond acceptors (Lipinski definition) is 2. The van der Waals surface area contributed by atoms with Gasteiger partial charge in [-0.05, 0) is 60.7 Å². The standard InChI is InChI=1S/C18H18F2N2O/c1-10-14(11-3-6-17(21-2)16(20)8-11)7-12(9-15(10)19)18(23)22-13-4-5-13/h3,6-9,13,21H,4-5H2,1-2H3,(H,22,23). The molecule has 120 valence electrons. The summed E-state index contributed by atoms with van der Waals surface area (Å²) in [4.78, 5) is 12.1. The van der Waals surface area contributed by atoms with Gasteiger partial charge in [0.1, 0.15) is 11.6 Å². The zero-order valence-corrected chi connectivity index (χ0v) is 13.0. The van der Waals surface area contributed by atoms with Crippen LogP contribution in [0.25, 0.3) is 11.1 Å². The quantitative estimate of drug-likeness (QED) is 0.899. The lowest BCUT2D eigenvalue weighted by Crippen LogP contribution is -2.25. The van der Waals surface area contributed by atoms with E-state index in [0.29, 0.717) is 22.4 Å². The zero-order valence-electron chi connectivity index (χ0n) is 13.0. The molecule has 2 aromatic carbocycles. The van der Waals surface area contributed by atoms with Crippen molar-refractivity contribution < 1.29 is 13.6 Å². The molecule has 0 aromatic heterocycles. The van der Waals surface area contributed by atoms with Gasteiger partial charge in [-0.2, -0.15) is 0 Å². The molecule has 0 saturated heterocycles. The molecule has 0 radical (unpaired) electrons. The van der Waals surface area contributed by atoms with E-state index < -0.39 is 11.6 Å². The number of halogens is 2. The lowest BCUT2D eigenvalue weighted by molar-refractivity contribution is 0.0950. The van der Waals surface area contributed by atoms with E-state index in [0.717, 1.165) is 12.8 Å². The highest BCUT2D eigenvalue weighted by Crippen LogP contribution is 2.30. The van der Waals surface area contributed by atoms with Gasteiger partial charge >= 0.3 is 0 Å². The first kappa shape index (κ1) is 15.5. The second-order valence-corrected chi connectivity index (χ2v) is 5.82. The molecule has 1 amide bonds. The number of anilines is 1. The van der Waals surface area contributed by atoms with E-state index >= 15 is 0 Å². The Bertz CT molecular complexity index is 770. The summed E-state index contributed by atoms with van der Waals surface area (Å²) in [5.74, 6) is -1.18. The van der Waals surface area contributed by atoms with Crippen LogP contribution in [-0.2, 0) is 0 Å². The van der Waals surface area contributed by atoms with E-state index in [2.05, 4.69) is 10.6 Å². The molecule has 2 aromatic rings. The Kier molecular flexibility index (Phi) is 4.03. The van der Waals surface area contributed by atoms with Crippen molar-refractivity contribution in [2.24, 2.45) is 0 Å². The molecule has 5 heteroatoms. The molecule has 0 aliphatic heterocycles. The summed E-state index contributed by atoms with van der Waals surface area (Å²) in [5.41, 5.74) is 2.08. The molecule has 2 N–H and O–H groups in total. The minimum absolute atomic E-state index is 0.197. The summed E-state index contributed by atoms with van der Waals surface area (Å²) in [6.45, 7) is 1.62. The predicted octanol–water partition coefficient (Wildman–Crippen LogP) is 3.87. The van der Waals surface area contributed by atoms with Gasteiger partial charge in [-0.25, -0.2) is 8.78 Å². The number of carbonyl (C=O) groups is 1. The van der Waals surface area contributed by atoms with Crippen LogP contribution in [0.3, 0.4) is 0 Å². The fourth-order valence-corrected chi connectivity index (χ4v) is 2.49. The molecular formula is C18H18F2N2O. The van der Waals surface area contributed by atoms with E-state index in [1.54, 1.807) is 32.2 Å². The van der Waals surface area contributed by atoms with Crippen molar-refractivity contribution in [3.63, 3.8) is 0 Å². The van der Waals surface area contributed by atoms with Gasteiger partial charge in [0, 0.05) is 18.7 Å². The Morgan fingerprint density at radius 1 is 1.13 bits per heavy atom. The maximum atomic E-state index is 14.2. The van der Waals surface area contributed by atoms with Crippen molar-refractivity contribution in [3.8, 4) is 11.1 Å². The third-order valence-electron chi connectivity index (χ3n) is 4.07. The Morgan fingerprint density at radius 2 is 1.87 bits per heavy atom. The highest BCUT2D eigenvalue weighted by Gasteiger charge is 2.24. The van der Waals surface area contributed by atoms with Crippen molar-refractivity contribution in [1.82, 2.24) is 5.32 Å². The van der Waals surface area contributed by atoms with Crippen molar-refractivity contribution in [2.75, 3.05) is 12.4 Å². The smallest absolute Gasteiger partial charge is 0.251 e. The van der Waals surface area contributed by atoms with Gasteiger partial charge in [-0.3, -0.25) is 4.79 Å². The van der Waals surface area contributed by atoms with Gasteiger partial charge < -0.3 is 10.6 Å². The first-order valence-corrected chi connectivity index (χ1v) is 7.58. The predicted molar refractivity (Wildman–Crippen MR) is 86.6 cm³/mol. The van der Waals surface area contributed by atoms with Crippen molar-refractivity contribution in [2.45, 2.75) is 25.8 Å². The van der Waals surface area contributed by atoms with Gasteiger partial charge in [0.2, 0.25) is 0 Å². The SMILES string of the molecule is CNc1ccc(-c2cc(C(=O)NC3CC3)cc(F)c2C)cc1F. The average Bonchev–Trinajstić information content (AvgIpc) is 3.33. The summed E-state index contributed by atoms with van der Waals surface area (Å²) in [7, 11) is 1.63. The monoisotopic (exact) mass is 316 g/mol. The van der Waals surface area contributed by atoms with E-state index in [-0.39, 0.29) is 17.5 Å². The van der Waals surface area contributed by atoms with Gasteiger partial charge in [0.15, 0.2) is 0 Å². The van der Waals surface area contributed by atoms with Crippen molar-refractivity contribution in [3.05, 3.63) is 53.1 Å². The summed E-state index contributed by atoms with van der Waals surface area (Å²) in [6.07, 6.45) is 1.92.